The molecule has 0 bridgehead atoms. The highest BCUT2D eigenvalue weighted by Crippen LogP contribution is 2.29. The number of halogens is 1. The summed E-state index contributed by atoms with van der Waals surface area (Å²) < 4.78 is 10.3. The first kappa shape index (κ1) is 21.4. The lowest BCUT2D eigenvalue weighted by Gasteiger charge is -2.16. The summed E-state index contributed by atoms with van der Waals surface area (Å²) in [6.07, 6.45) is -0.0125. The molecule has 2 rings (SSSR count). The third-order valence-electron chi connectivity index (χ3n) is 3.86. The Kier molecular flexibility index (Phi) is 7.16. The molecule has 3 N–H and O–H groups in total. The molecule has 0 saturated heterocycles. The van der Waals surface area contributed by atoms with Crippen LogP contribution in [0.25, 0.3) is 11.0 Å². The fourth-order valence-electron chi connectivity index (χ4n) is 2.41. The van der Waals surface area contributed by atoms with E-state index in [1.165, 1.54) is 25.2 Å². The second-order valence-corrected chi connectivity index (χ2v) is 6.63. The van der Waals surface area contributed by atoms with Crippen molar-refractivity contribution in [1.82, 2.24) is 10.6 Å². The summed E-state index contributed by atoms with van der Waals surface area (Å²) in [4.78, 5) is 48.2. The molecule has 1 aromatic heterocycles. The van der Waals surface area contributed by atoms with Crippen LogP contribution in [-0.4, -0.2) is 42.6 Å². The normalized spacial score (nSPS) is 11.7. The van der Waals surface area contributed by atoms with E-state index < -0.39 is 23.5 Å². The number of hydrogen-bond donors (Lipinski definition) is 3. The lowest BCUT2D eigenvalue weighted by Crippen LogP contribution is -2.43. The molecule has 0 radical (unpaired) electrons. The number of nitrogens with one attached hydrogen (secondary N) is 2. The number of hydrogen-bond acceptors (Lipinski definition) is 7. The van der Waals surface area contributed by atoms with Crippen molar-refractivity contribution in [2.75, 3.05) is 13.7 Å². The van der Waals surface area contributed by atoms with Crippen LogP contribution >= 0.6 is 15.9 Å². The third-order valence-corrected chi connectivity index (χ3v) is 4.50. The standard InChI is InChI=1S/C18H19BrN2O7/c1-3-27-18(26)12(4-5-15(23)20-2)21-16(24)10-6-9-7-11(19)13(22)8-14(9)28-17(10)25/h6-8,12,22H,3-5H2,1-2H3,(H,20,23)(H,21,24). The van der Waals surface area contributed by atoms with Crippen molar-refractivity contribution < 1.29 is 28.6 Å². The van der Waals surface area contributed by atoms with E-state index in [1.54, 1.807) is 6.92 Å². The summed E-state index contributed by atoms with van der Waals surface area (Å²) in [6, 6.07) is 2.92. The minimum Gasteiger partial charge on any atom is -0.507 e. The molecule has 2 amide bonds. The molecule has 0 aliphatic carbocycles. The van der Waals surface area contributed by atoms with Crippen molar-refractivity contribution in [3.8, 4) is 5.75 Å². The summed E-state index contributed by atoms with van der Waals surface area (Å²) in [7, 11) is 1.45. The van der Waals surface area contributed by atoms with Gasteiger partial charge in [-0.1, -0.05) is 0 Å². The van der Waals surface area contributed by atoms with E-state index in [0.29, 0.717) is 9.86 Å². The SMILES string of the molecule is CCOC(=O)C(CCC(=O)NC)NC(=O)c1cc2cc(Br)c(O)cc2oc1=O. The maximum atomic E-state index is 12.6. The van der Waals surface area contributed by atoms with Gasteiger partial charge in [-0.2, -0.15) is 0 Å². The van der Waals surface area contributed by atoms with Crippen LogP contribution in [0.15, 0.2) is 31.9 Å². The monoisotopic (exact) mass is 454 g/mol. The Morgan fingerprint density at radius 2 is 2.00 bits per heavy atom. The average molecular weight is 455 g/mol. The van der Waals surface area contributed by atoms with Gasteiger partial charge in [0.2, 0.25) is 5.91 Å². The van der Waals surface area contributed by atoms with Crippen LogP contribution in [-0.2, 0) is 14.3 Å². The van der Waals surface area contributed by atoms with Crippen molar-refractivity contribution >= 4 is 44.7 Å². The molecule has 1 unspecified atom stereocenters. The van der Waals surface area contributed by atoms with Crippen molar-refractivity contribution in [3.05, 3.63) is 38.7 Å². The van der Waals surface area contributed by atoms with Gasteiger partial charge in [-0.25, -0.2) is 9.59 Å². The van der Waals surface area contributed by atoms with Gasteiger partial charge in [0.05, 0.1) is 11.1 Å². The van der Waals surface area contributed by atoms with Crippen LogP contribution in [0.2, 0.25) is 0 Å². The number of ether oxygens (including phenoxy) is 1. The molecule has 150 valence electrons. The van der Waals surface area contributed by atoms with E-state index in [0.717, 1.165) is 0 Å². The van der Waals surface area contributed by atoms with Crippen molar-refractivity contribution in [2.45, 2.75) is 25.8 Å². The number of phenols is 1. The topological polar surface area (TPSA) is 135 Å². The van der Waals surface area contributed by atoms with Crippen molar-refractivity contribution in [1.29, 1.82) is 0 Å². The van der Waals surface area contributed by atoms with E-state index in [2.05, 4.69) is 26.6 Å². The number of carbonyl (C=O) groups excluding carboxylic acids is 3. The van der Waals surface area contributed by atoms with Gasteiger partial charge in [-0.05, 0) is 41.4 Å². The second-order valence-electron chi connectivity index (χ2n) is 5.78. The van der Waals surface area contributed by atoms with Crippen molar-refractivity contribution in [3.63, 3.8) is 0 Å². The highest BCUT2D eigenvalue weighted by atomic mass is 79.9. The van der Waals surface area contributed by atoms with E-state index >= 15 is 0 Å². The summed E-state index contributed by atoms with van der Waals surface area (Å²) in [5.74, 6) is -1.98. The van der Waals surface area contributed by atoms with E-state index in [9.17, 15) is 24.3 Å². The summed E-state index contributed by atoms with van der Waals surface area (Å²) in [5, 5.41) is 14.9. The Labute approximate surface area is 168 Å². The maximum absolute atomic E-state index is 12.6. The fraction of sp³-hybridized carbons (Fsp3) is 0.333. The molecule has 0 aliphatic heterocycles. The molecule has 10 heteroatoms. The minimum atomic E-state index is -1.11. The number of esters is 1. The molecule has 0 aliphatic rings. The highest BCUT2D eigenvalue weighted by molar-refractivity contribution is 9.10. The Balaban J connectivity index is 2.29. The quantitative estimate of drug-likeness (QED) is 0.425. The number of rotatable bonds is 7. The van der Waals surface area contributed by atoms with Gasteiger partial charge in [0.15, 0.2) is 0 Å². The first-order valence-electron chi connectivity index (χ1n) is 8.41. The molecular formula is C18H19BrN2O7. The van der Waals surface area contributed by atoms with Crippen LogP contribution in [0.4, 0.5) is 0 Å². The van der Waals surface area contributed by atoms with E-state index in [1.807, 2.05) is 0 Å². The van der Waals surface area contributed by atoms with Crippen LogP contribution in [0, 0.1) is 0 Å². The molecule has 0 spiro atoms. The van der Waals surface area contributed by atoms with E-state index in [-0.39, 0.29) is 42.3 Å². The zero-order valence-corrected chi connectivity index (χ0v) is 16.8. The largest absolute Gasteiger partial charge is 0.507 e. The van der Waals surface area contributed by atoms with Crippen LogP contribution in [0.1, 0.15) is 30.1 Å². The molecule has 2 aromatic rings. The third kappa shape index (κ3) is 5.10. The molecule has 1 aromatic carbocycles. The van der Waals surface area contributed by atoms with Crippen LogP contribution in [0.5, 0.6) is 5.75 Å². The molecular weight excluding hydrogens is 436 g/mol. The number of benzene rings is 1. The molecule has 1 heterocycles. The minimum absolute atomic E-state index is 0.00256. The second kappa shape index (κ2) is 9.36. The van der Waals surface area contributed by atoms with Gasteiger partial charge < -0.3 is 24.9 Å². The first-order valence-corrected chi connectivity index (χ1v) is 9.20. The number of fused-ring (bicyclic) bond motifs is 1. The van der Waals surface area contributed by atoms with Crippen LogP contribution < -0.4 is 16.3 Å². The van der Waals surface area contributed by atoms with Gasteiger partial charge in [0.25, 0.3) is 5.91 Å². The average Bonchev–Trinajstić information content (AvgIpc) is 2.65. The van der Waals surface area contributed by atoms with Crippen molar-refractivity contribution in [2.24, 2.45) is 0 Å². The molecule has 0 fully saturated rings. The zero-order chi connectivity index (χ0) is 20.8. The molecule has 1 atom stereocenters. The smallest absolute Gasteiger partial charge is 0.349 e. The lowest BCUT2D eigenvalue weighted by atomic mass is 10.1. The summed E-state index contributed by atoms with van der Waals surface area (Å²) in [5.41, 5.74) is -1.15. The molecule has 9 nitrogen and oxygen atoms in total. The Morgan fingerprint density at radius 1 is 1.29 bits per heavy atom. The van der Waals surface area contributed by atoms with Gasteiger partial charge in [0, 0.05) is 24.9 Å². The molecule has 0 saturated carbocycles. The highest BCUT2D eigenvalue weighted by Gasteiger charge is 2.25. The number of carbonyl (C=O) groups is 3. The van der Waals surface area contributed by atoms with E-state index in [4.69, 9.17) is 9.15 Å². The fourth-order valence-corrected chi connectivity index (χ4v) is 2.78. The Hall–Kier alpha value is -2.88. The first-order chi connectivity index (χ1) is 13.3. The Morgan fingerprint density at radius 3 is 2.64 bits per heavy atom. The summed E-state index contributed by atoms with van der Waals surface area (Å²) in [6.45, 7) is 1.71. The predicted molar refractivity (Wildman–Crippen MR) is 103 cm³/mol. The summed E-state index contributed by atoms with van der Waals surface area (Å²) >= 11 is 3.14. The van der Waals surface area contributed by atoms with Gasteiger partial charge in [-0.15, -0.1) is 0 Å². The lowest BCUT2D eigenvalue weighted by molar-refractivity contribution is -0.145. The van der Waals surface area contributed by atoms with Crippen LogP contribution in [0.3, 0.4) is 0 Å². The number of phenolic OH excluding ortho intramolecular Hbond substituents is 1. The predicted octanol–water partition coefficient (Wildman–Crippen LogP) is 1.45. The van der Waals surface area contributed by atoms with Gasteiger partial charge >= 0.3 is 11.6 Å². The van der Waals surface area contributed by atoms with Gasteiger partial charge in [-0.3, -0.25) is 9.59 Å². The van der Waals surface area contributed by atoms with Gasteiger partial charge in [0.1, 0.15) is 22.9 Å². The number of aromatic hydroxyl groups is 1. The zero-order valence-electron chi connectivity index (χ0n) is 15.2. The Bertz CT molecular complexity index is 970. The maximum Gasteiger partial charge on any atom is 0.349 e. The molecule has 28 heavy (non-hydrogen) atoms. The number of amides is 2.